The summed E-state index contributed by atoms with van der Waals surface area (Å²) in [7, 11) is 1.45. The summed E-state index contributed by atoms with van der Waals surface area (Å²) >= 11 is 1.62. The van der Waals surface area contributed by atoms with E-state index < -0.39 is 17.5 Å². The molecule has 1 atom stereocenters. The summed E-state index contributed by atoms with van der Waals surface area (Å²) in [5.41, 5.74) is -1.11. The molecule has 1 aromatic rings. The Labute approximate surface area is 132 Å². The van der Waals surface area contributed by atoms with Gasteiger partial charge in [0, 0.05) is 18.5 Å². The number of methoxy groups -OCH3 is 1. The Kier molecular flexibility index (Phi) is 5.15. The van der Waals surface area contributed by atoms with Gasteiger partial charge in [0.25, 0.3) is 5.91 Å². The van der Waals surface area contributed by atoms with Crippen molar-refractivity contribution in [1.29, 1.82) is 0 Å². The van der Waals surface area contributed by atoms with Gasteiger partial charge in [0.15, 0.2) is 0 Å². The highest BCUT2D eigenvalue weighted by molar-refractivity contribution is 7.09. The second-order valence-corrected chi connectivity index (χ2v) is 6.30. The van der Waals surface area contributed by atoms with Crippen molar-refractivity contribution in [2.75, 3.05) is 26.8 Å². The molecule has 0 saturated carbocycles. The first kappa shape index (κ1) is 16.4. The molecule has 7 nitrogen and oxygen atoms in total. The predicted octanol–water partition coefficient (Wildman–Crippen LogP) is 0.364. The summed E-state index contributed by atoms with van der Waals surface area (Å²) in [4.78, 5) is 38.0. The molecule has 1 aromatic heterocycles. The highest BCUT2D eigenvalue weighted by Gasteiger charge is 2.48. The minimum absolute atomic E-state index is 0.0636. The Morgan fingerprint density at radius 3 is 2.91 bits per heavy atom. The van der Waals surface area contributed by atoms with Crippen molar-refractivity contribution in [3.8, 4) is 0 Å². The van der Waals surface area contributed by atoms with Crippen molar-refractivity contribution in [2.45, 2.75) is 18.9 Å². The van der Waals surface area contributed by atoms with Crippen LogP contribution in [0.1, 0.15) is 11.8 Å². The van der Waals surface area contributed by atoms with E-state index in [2.05, 4.69) is 10.6 Å². The van der Waals surface area contributed by atoms with Crippen LogP contribution in [0.2, 0.25) is 0 Å². The lowest BCUT2D eigenvalue weighted by Crippen LogP contribution is -2.48. The molecule has 1 fully saturated rings. The van der Waals surface area contributed by atoms with Gasteiger partial charge in [-0.1, -0.05) is 6.07 Å². The van der Waals surface area contributed by atoms with Crippen LogP contribution in [-0.2, 0) is 20.7 Å². The SMILES string of the molecule is COC[C@@]1(C)NC(=O)N(CC(=O)NCCc2cccs2)C1=O. The van der Waals surface area contributed by atoms with Crippen LogP contribution < -0.4 is 10.6 Å². The number of nitrogens with one attached hydrogen (secondary N) is 2. The van der Waals surface area contributed by atoms with Crippen LogP contribution in [0.25, 0.3) is 0 Å². The molecule has 4 amide bonds. The van der Waals surface area contributed by atoms with Gasteiger partial charge in [-0.15, -0.1) is 11.3 Å². The van der Waals surface area contributed by atoms with Crippen molar-refractivity contribution in [2.24, 2.45) is 0 Å². The monoisotopic (exact) mass is 325 g/mol. The Bertz CT molecular complexity index is 560. The maximum atomic E-state index is 12.2. The zero-order valence-electron chi connectivity index (χ0n) is 12.5. The van der Waals surface area contributed by atoms with E-state index in [1.165, 1.54) is 12.0 Å². The molecule has 2 N–H and O–H groups in total. The molecule has 0 aliphatic carbocycles. The fourth-order valence-corrected chi connectivity index (χ4v) is 2.97. The Morgan fingerprint density at radius 1 is 1.50 bits per heavy atom. The second-order valence-electron chi connectivity index (χ2n) is 5.27. The largest absolute Gasteiger partial charge is 0.382 e. The van der Waals surface area contributed by atoms with Gasteiger partial charge in [0.2, 0.25) is 5.91 Å². The van der Waals surface area contributed by atoms with Crippen molar-refractivity contribution in [1.82, 2.24) is 15.5 Å². The fraction of sp³-hybridized carbons (Fsp3) is 0.500. The van der Waals surface area contributed by atoms with Crippen molar-refractivity contribution in [3.63, 3.8) is 0 Å². The highest BCUT2D eigenvalue weighted by atomic mass is 32.1. The van der Waals surface area contributed by atoms with Crippen molar-refractivity contribution < 1.29 is 19.1 Å². The van der Waals surface area contributed by atoms with Crippen molar-refractivity contribution >= 4 is 29.2 Å². The van der Waals surface area contributed by atoms with Gasteiger partial charge in [-0.3, -0.25) is 14.5 Å². The number of imide groups is 1. The van der Waals surface area contributed by atoms with Crippen LogP contribution in [0.15, 0.2) is 17.5 Å². The first-order chi connectivity index (χ1) is 10.5. The summed E-state index contributed by atoms with van der Waals surface area (Å²) in [6.07, 6.45) is 0.727. The summed E-state index contributed by atoms with van der Waals surface area (Å²) in [6.45, 7) is 1.83. The zero-order chi connectivity index (χ0) is 16.2. The molecule has 0 spiro atoms. The molecule has 0 bridgehead atoms. The highest BCUT2D eigenvalue weighted by Crippen LogP contribution is 2.17. The average Bonchev–Trinajstić information content (AvgIpc) is 3.03. The maximum absolute atomic E-state index is 12.2. The molecule has 120 valence electrons. The number of hydrogen-bond acceptors (Lipinski definition) is 5. The lowest BCUT2D eigenvalue weighted by atomic mass is 10.0. The Hall–Kier alpha value is -1.93. The third-order valence-electron chi connectivity index (χ3n) is 3.35. The molecular formula is C14H19N3O4S. The van der Waals surface area contributed by atoms with Crippen LogP contribution >= 0.6 is 11.3 Å². The molecule has 1 aliphatic rings. The molecule has 0 radical (unpaired) electrons. The Morgan fingerprint density at radius 2 is 2.27 bits per heavy atom. The number of nitrogens with zero attached hydrogens (tertiary/aromatic N) is 1. The maximum Gasteiger partial charge on any atom is 0.325 e. The smallest absolute Gasteiger partial charge is 0.325 e. The summed E-state index contributed by atoms with van der Waals surface area (Å²) in [6, 6.07) is 3.37. The van der Waals surface area contributed by atoms with E-state index in [1.807, 2.05) is 17.5 Å². The molecule has 22 heavy (non-hydrogen) atoms. The normalized spacial score (nSPS) is 21.1. The fourth-order valence-electron chi connectivity index (χ4n) is 2.26. The predicted molar refractivity (Wildman–Crippen MR) is 81.6 cm³/mol. The van der Waals surface area contributed by atoms with Gasteiger partial charge < -0.3 is 15.4 Å². The molecule has 2 heterocycles. The summed E-state index contributed by atoms with van der Waals surface area (Å²) < 4.78 is 4.95. The van der Waals surface area contributed by atoms with E-state index in [-0.39, 0.29) is 19.1 Å². The first-order valence-electron chi connectivity index (χ1n) is 6.88. The molecule has 8 heteroatoms. The standard InChI is InChI=1S/C14H19N3O4S/c1-14(9-21-2)12(19)17(13(20)16-14)8-11(18)15-6-5-10-4-3-7-22-10/h3-4,7H,5-6,8-9H2,1-2H3,(H,15,18)(H,16,20)/t14-/m1/s1. The number of hydrogen-bond donors (Lipinski definition) is 2. The van der Waals surface area contributed by atoms with Gasteiger partial charge in [0.05, 0.1) is 6.61 Å². The topological polar surface area (TPSA) is 87.7 Å². The molecule has 0 unspecified atom stereocenters. The number of ether oxygens (including phenoxy) is 1. The number of thiophene rings is 1. The molecule has 0 aromatic carbocycles. The molecular weight excluding hydrogens is 306 g/mol. The number of carbonyl (C=O) groups is 3. The molecule has 1 aliphatic heterocycles. The summed E-state index contributed by atoms with van der Waals surface area (Å²) in [5.74, 6) is -0.811. The number of urea groups is 1. The average molecular weight is 325 g/mol. The minimum atomic E-state index is -1.11. The van der Waals surface area contributed by atoms with E-state index in [4.69, 9.17) is 4.74 Å². The summed E-state index contributed by atoms with van der Waals surface area (Å²) in [5, 5.41) is 7.23. The third kappa shape index (κ3) is 3.63. The number of amides is 4. The zero-order valence-corrected chi connectivity index (χ0v) is 13.4. The van der Waals surface area contributed by atoms with E-state index in [9.17, 15) is 14.4 Å². The van der Waals surface area contributed by atoms with E-state index in [0.717, 1.165) is 11.3 Å². The van der Waals surface area contributed by atoms with Gasteiger partial charge in [-0.25, -0.2) is 4.79 Å². The van der Waals surface area contributed by atoms with Crippen LogP contribution in [0.4, 0.5) is 4.79 Å². The van der Waals surface area contributed by atoms with Crippen LogP contribution in [-0.4, -0.2) is 55.1 Å². The second kappa shape index (κ2) is 6.89. The van der Waals surface area contributed by atoms with Gasteiger partial charge >= 0.3 is 6.03 Å². The molecule has 1 saturated heterocycles. The Balaban J connectivity index is 1.83. The molecule has 2 rings (SSSR count). The van der Waals surface area contributed by atoms with E-state index >= 15 is 0 Å². The van der Waals surface area contributed by atoms with Gasteiger partial charge in [0.1, 0.15) is 12.1 Å². The van der Waals surface area contributed by atoms with Crippen LogP contribution in [0, 0.1) is 0 Å². The quantitative estimate of drug-likeness (QED) is 0.709. The number of rotatable bonds is 7. The van der Waals surface area contributed by atoms with Crippen LogP contribution in [0.5, 0.6) is 0 Å². The first-order valence-corrected chi connectivity index (χ1v) is 7.76. The van der Waals surface area contributed by atoms with Crippen molar-refractivity contribution in [3.05, 3.63) is 22.4 Å². The third-order valence-corrected chi connectivity index (χ3v) is 4.29. The van der Waals surface area contributed by atoms with E-state index in [0.29, 0.717) is 6.54 Å². The van der Waals surface area contributed by atoms with Crippen LogP contribution in [0.3, 0.4) is 0 Å². The van der Waals surface area contributed by atoms with Gasteiger partial charge in [-0.05, 0) is 24.8 Å². The lowest BCUT2D eigenvalue weighted by molar-refractivity contribution is -0.135. The minimum Gasteiger partial charge on any atom is -0.382 e. The number of carbonyl (C=O) groups excluding carboxylic acids is 3. The van der Waals surface area contributed by atoms with E-state index in [1.54, 1.807) is 18.3 Å². The van der Waals surface area contributed by atoms with Gasteiger partial charge in [-0.2, -0.15) is 0 Å². The lowest BCUT2D eigenvalue weighted by Gasteiger charge is -2.20.